The molecule has 0 aromatic heterocycles. The molecule has 0 spiro atoms. The molecule has 0 aliphatic heterocycles. The van der Waals surface area contributed by atoms with Gasteiger partial charge in [-0.25, -0.2) is 0 Å². The van der Waals surface area contributed by atoms with Gasteiger partial charge < -0.3 is 14.2 Å². The maximum Gasteiger partial charge on any atom is 0.185 e. The Labute approximate surface area is 167 Å². The van der Waals surface area contributed by atoms with Gasteiger partial charge in [0.2, 0.25) is 0 Å². The van der Waals surface area contributed by atoms with Crippen LogP contribution in [0.1, 0.15) is 50.5 Å². The van der Waals surface area contributed by atoms with Crippen LogP contribution in [-0.4, -0.2) is 18.0 Å². The number of hydrogen-bond acceptors (Lipinski definition) is 4. The number of rotatable bonds is 9. The Morgan fingerprint density at radius 2 is 1.50 bits per heavy atom. The molecule has 0 saturated heterocycles. The quantitative estimate of drug-likeness (QED) is 0.301. The summed E-state index contributed by atoms with van der Waals surface area (Å²) >= 11 is 0. The lowest BCUT2D eigenvalue weighted by Gasteiger charge is -2.19. The van der Waals surface area contributed by atoms with Crippen LogP contribution in [0, 0.1) is 0 Å². The Balaban J connectivity index is 2.49. The van der Waals surface area contributed by atoms with Gasteiger partial charge in [-0.1, -0.05) is 36.9 Å². The summed E-state index contributed by atoms with van der Waals surface area (Å²) in [7, 11) is 0. The largest absolute Gasteiger partial charge is 0.490 e. The average Bonchev–Trinajstić information content (AvgIpc) is 2.60. The van der Waals surface area contributed by atoms with Crippen LogP contribution in [-0.2, 0) is 0 Å². The van der Waals surface area contributed by atoms with Crippen molar-refractivity contribution in [2.45, 2.75) is 46.8 Å². The van der Waals surface area contributed by atoms with Crippen LogP contribution in [0.5, 0.6) is 17.2 Å². The summed E-state index contributed by atoms with van der Waals surface area (Å²) in [6.07, 6.45) is 3.16. The van der Waals surface area contributed by atoms with Gasteiger partial charge in [0.05, 0.1) is 23.5 Å². The molecule has 148 valence electrons. The van der Waals surface area contributed by atoms with Gasteiger partial charge in [-0.3, -0.25) is 4.79 Å². The van der Waals surface area contributed by atoms with Crippen molar-refractivity contribution in [2.75, 3.05) is 0 Å². The van der Waals surface area contributed by atoms with Gasteiger partial charge in [0.1, 0.15) is 17.2 Å². The van der Waals surface area contributed by atoms with Gasteiger partial charge in [-0.2, -0.15) is 0 Å². The van der Waals surface area contributed by atoms with Crippen molar-refractivity contribution in [3.8, 4) is 17.2 Å². The first-order chi connectivity index (χ1) is 13.3. The van der Waals surface area contributed by atoms with E-state index in [9.17, 15) is 4.79 Å². The van der Waals surface area contributed by atoms with E-state index in [0.717, 1.165) is 0 Å². The molecule has 0 atom stereocenters. The number of ether oxygens (including phenoxy) is 3. The van der Waals surface area contributed by atoms with Gasteiger partial charge in [0.15, 0.2) is 5.78 Å². The summed E-state index contributed by atoms with van der Waals surface area (Å²) in [4.78, 5) is 12.5. The van der Waals surface area contributed by atoms with E-state index in [-0.39, 0.29) is 18.0 Å². The predicted octanol–water partition coefficient (Wildman–Crippen LogP) is 6.07. The van der Waals surface area contributed by atoms with Crippen LogP contribution in [0.25, 0.3) is 6.08 Å². The third-order valence-corrected chi connectivity index (χ3v) is 3.55. The van der Waals surface area contributed by atoms with Crippen LogP contribution >= 0.6 is 0 Å². The number of ketones is 1. The Hall–Kier alpha value is -3.01. The highest BCUT2D eigenvalue weighted by Gasteiger charge is 2.16. The maximum atomic E-state index is 12.5. The van der Waals surface area contributed by atoms with Crippen LogP contribution in [0.2, 0.25) is 0 Å². The summed E-state index contributed by atoms with van der Waals surface area (Å²) < 4.78 is 17.6. The minimum absolute atomic E-state index is 0.0519. The third-order valence-electron chi connectivity index (χ3n) is 3.55. The van der Waals surface area contributed by atoms with Gasteiger partial charge in [0, 0.05) is 17.7 Å². The van der Waals surface area contributed by atoms with Crippen LogP contribution in [0.3, 0.4) is 0 Å². The van der Waals surface area contributed by atoms with E-state index >= 15 is 0 Å². The smallest absolute Gasteiger partial charge is 0.185 e. The zero-order valence-electron chi connectivity index (χ0n) is 17.2. The Kier molecular flexibility index (Phi) is 7.44. The highest BCUT2D eigenvalue weighted by atomic mass is 16.5. The van der Waals surface area contributed by atoms with Crippen LogP contribution in [0.4, 0.5) is 0 Å². The molecule has 2 rings (SSSR count). The Morgan fingerprint density at radius 1 is 0.964 bits per heavy atom. The number of carbonyl (C=O) groups excluding carboxylic acids is 1. The molecule has 0 radical (unpaired) electrons. The molecule has 0 fully saturated rings. The zero-order valence-corrected chi connectivity index (χ0v) is 17.2. The van der Waals surface area contributed by atoms with Crippen molar-refractivity contribution in [3.05, 3.63) is 72.0 Å². The minimum atomic E-state index is -0.0890. The summed E-state index contributed by atoms with van der Waals surface area (Å²) in [5.74, 6) is 2.22. The Bertz CT molecular complexity index is 817. The molecule has 0 N–H and O–H groups in total. The number of hydrogen-bond donors (Lipinski definition) is 0. The average molecular weight is 380 g/mol. The summed E-state index contributed by atoms with van der Waals surface area (Å²) in [5.41, 5.74) is 1.32. The minimum Gasteiger partial charge on any atom is -0.490 e. The molecule has 0 heterocycles. The molecule has 0 bridgehead atoms. The van der Waals surface area contributed by atoms with Crippen molar-refractivity contribution in [1.29, 1.82) is 0 Å². The molecule has 2 aromatic rings. The zero-order chi connectivity index (χ0) is 20.7. The van der Waals surface area contributed by atoms with Crippen molar-refractivity contribution in [3.63, 3.8) is 0 Å². The van der Waals surface area contributed by atoms with Crippen molar-refractivity contribution in [2.24, 2.45) is 0 Å². The highest BCUT2D eigenvalue weighted by Crippen LogP contribution is 2.37. The molecular weight excluding hydrogens is 352 g/mol. The molecule has 0 amide bonds. The lowest BCUT2D eigenvalue weighted by Crippen LogP contribution is -2.10. The monoisotopic (exact) mass is 380 g/mol. The van der Waals surface area contributed by atoms with E-state index in [1.807, 2.05) is 45.9 Å². The molecule has 2 aromatic carbocycles. The van der Waals surface area contributed by atoms with Gasteiger partial charge in [-0.15, -0.1) is 0 Å². The van der Waals surface area contributed by atoms with Crippen molar-refractivity contribution >= 4 is 11.9 Å². The number of benzene rings is 2. The lowest BCUT2D eigenvalue weighted by molar-refractivity contribution is 0.104. The predicted molar refractivity (Wildman–Crippen MR) is 113 cm³/mol. The van der Waals surface area contributed by atoms with E-state index in [4.69, 9.17) is 14.2 Å². The number of allylic oxidation sites excluding steroid dienone is 2. The summed E-state index contributed by atoms with van der Waals surface area (Å²) in [6, 6.07) is 12.7. The van der Waals surface area contributed by atoms with E-state index in [1.54, 1.807) is 37.3 Å². The molecule has 0 aliphatic rings. The Morgan fingerprint density at radius 3 is 1.96 bits per heavy atom. The SMILES string of the molecule is C=C(C)Oc1cc(OC(C)C)c(/C=C/C(=O)c2ccccc2)c(OC(C)C)c1. The first-order valence-electron chi connectivity index (χ1n) is 9.38. The fraction of sp³-hybridized carbons (Fsp3) is 0.292. The van der Waals surface area contributed by atoms with Crippen LogP contribution < -0.4 is 14.2 Å². The maximum absolute atomic E-state index is 12.5. The highest BCUT2D eigenvalue weighted by molar-refractivity contribution is 6.07. The van der Waals surface area contributed by atoms with E-state index in [1.165, 1.54) is 6.08 Å². The second-order valence-electron chi connectivity index (χ2n) is 7.03. The molecule has 0 unspecified atom stereocenters. The summed E-state index contributed by atoms with van der Waals surface area (Å²) in [5, 5.41) is 0. The molecule has 28 heavy (non-hydrogen) atoms. The topological polar surface area (TPSA) is 44.8 Å². The molecule has 4 heteroatoms. The first-order valence-corrected chi connectivity index (χ1v) is 9.38. The molecular formula is C24H28O4. The fourth-order valence-corrected chi connectivity index (χ4v) is 2.56. The number of carbonyl (C=O) groups is 1. The molecule has 0 saturated carbocycles. The standard InChI is InChI=1S/C24H28O4/c1-16(2)26-20-14-23(27-17(3)4)21(24(15-20)28-18(5)6)12-13-22(25)19-10-8-7-9-11-19/h7-15,17-18H,1H2,2-6H3/b13-12+. The lowest BCUT2D eigenvalue weighted by atomic mass is 10.1. The first kappa shape index (κ1) is 21.3. The third kappa shape index (κ3) is 6.31. The normalized spacial score (nSPS) is 11.1. The van der Waals surface area contributed by atoms with Gasteiger partial charge >= 0.3 is 0 Å². The second-order valence-corrected chi connectivity index (χ2v) is 7.03. The molecule has 4 nitrogen and oxygen atoms in total. The van der Waals surface area contributed by atoms with E-state index in [0.29, 0.717) is 34.1 Å². The van der Waals surface area contributed by atoms with Crippen molar-refractivity contribution in [1.82, 2.24) is 0 Å². The van der Waals surface area contributed by atoms with Crippen molar-refractivity contribution < 1.29 is 19.0 Å². The van der Waals surface area contributed by atoms with Gasteiger partial charge in [-0.05, 0) is 46.8 Å². The second kappa shape index (κ2) is 9.79. The van der Waals surface area contributed by atoms with Gasteiger partial charge in [0.25, 0.3) is 0 Å². The summed E-state index contributed by atoms with van der Waals surface area (Å²) in [6.45, 7) is 13.3. The fourth-order valence-electron chi connectivity index (χ4n) is 2.56. The van der Waals surface area contributed by atoms with E-state index < -0.39 is 0 Å². The van der Waals surface area contributed by atoms with E-state index in [2.05, 4.69) is 6.58 Å². The van der Waals surface area contributed by atoms with Crippen LogP contribution in [0.15, 0.2) is 60.9 Å². The molecule has 0 aliphatic carbocycles.